The molecule has 0 aromatic heterocycles. The van der Waals surface area contributed by atoms with Gasteiger partial charge in [-0.15, -0.1) is 0 Å². The molecule has 0 rings (SSSR count). The zero-order chi connectivity index (χ0) is 3.41. The molecule has 0 heterocycles. The predicted molar refractivity (Wildman–Crippen MR) is 18.1 cm³/mol. The summed E-state index contributed by atoms with van der Waals surface area (Å²) in [5, 5.41) is 0. The van der Waals surface area contributed by atoms with Crippen molar-refractivity contribution in [2.24, 2.45) is 11.5 Å². The summed E-state index contributed by atoms with van der Waals surface area (Å²) >= 11 is 0. The zero-order valence-electron chi connectivity index (χ0n) is 2.89. The van der Waals surface area contributed by atoms with Crippen LogP contribution in [0.3, 0.4) is 0 Å². The second-order valence-electron chi connectivity index (χ2n) is 0.577. The van der Waals surface area contributed by atoms with Crippen LogP contribution in [0.4, 0.5) is 0 Å². The summed E-state index contributed by atoms with van der Waals surface area (Å²) in [6, 6.07) is 0. The molecule has 0 radical (unpaired) electrons. The van der Waals surface area contributed by atoms with Crippen LogP contribution in [0.15, 0.2) is 0 Å². The average Bonchev–Trinajstić information content (AvgIpc) is 1.37. The summed E-state index contributed by atoms with van der Waals surface area (Å²) < 4.78 is 0. The maximum absolute atomic E-state index is 4.90. The van der Waals surface area contributed by atoms with Gasteiger partial charge in [-0.2, -0.15) is 0 Å². The molecule has 0 saturated carbocycles. The Morgan fingerprint density at radius 2 is 1.20 bits per heavy atom. The van der Waals surface area contributed by atoms with Gasteiger partial charge < -0.3 is 11.5 Å². The Morgan fingerprint density at radius 1 is 1.00 bits per heavy atom. The summed E-state index contributed by atoms with van der Waals surface area (Å²) in [6.45, 7) is 1.19. The second kappa shape index (κ2) is 8.82. The van der Waals surface area contributed by atoms with Crippen molar-refractivity contribution in [3.63, 3.8) is 0 Å². The SMILES string of the molecule is NCCN.[Pt+2]. The van der Waals surface area contributed by atoms with Crippen LogP contribution in [-0.4, -0.2) is 13.1 Å². The molecule has 2 nitrogen and oxygen atoms in total. The maximum Gasteiger partial charge on any atom is 2.00 e. The van der Waals surface area contributed by atoms with Crippen molar-refractivity contribution in [3.05, 3.63) is 0 Å². The van der Waals surface area contributed by atoms with E-state index in [4.69, 9.17) is 11.5 Å². The number of hydrogen-bond acceptors (Lipinski definition) is 2. The predicted octanol–water partition coefficient (Wildman–Crippen LogP) is -1.10. The van der Waals surface area contributed by atoms with Gasteiger partial charge in [-0.25, -0.2) is 0 Å². The summed E-state index contributed by atoms with van der Waals surface area (Å²) in [4.78, 5) is 0. The Kier molecular flexibility index (Phi) is 16.1. The molecule has 34 valence electrons. The third-order valence-electron chi connectivity index (χ3n) is 0.167. The van der Waals surface area contributed by atoms with Crippen molar-refractivity contribution in [1.29, 1.82) is 0 Å². The van der Waals surface area contributed by atoms with Gasteiger partial charge in [0, 0.05) is 13.1 Å². The van der Waals surface area contributed by atoms with E-state index in [0.717, 1.165) is 0 Å². The molecule has 0 bridgehead atoms. The molecule has 3 heteroatoms. The molecule has 5 heavy (non-hydrogen) atoms. The molecule has 0 atom stereocenters. The molecular weight excluding hydrogens is 247 g/mol. The fourth-order valence-corrected chi connectivity index (χ4v) is 0. The third-order valence-corrected chi connectivity index (χ3v) is 0.167. The van der Waals surface area contributed by atoms with Crippen LogP contribution in [-0.2, 0) is 21.1 Å². The average molecular weight is 255 g/mol. The number of rotatable bonds is 1. The van der Waals surface area contributed by atoms with E-state index in [1.807, 2.05) is 0 Å². The quantitative estimate of drug-likeness (QED) is 0.625. The molecule has 4 N–H and O–H groups in total. The fraction of sp³-hybridized carbons (Fsp3) is 1.00. The van der Waals surface area contributed by atoms with Gasteiger partial charge in [-0.3, -0.25) is 0 Å². The molecule has 0 aromatic rings. The van der Waals surface area contributed by atoms with Crippen molar-refractivity contribution >= 4 is 0 Å². The Morgan fingerprint density at radius 3 is 1.20 bits per heavy atom. The topological polar surface area (TPSA) is 52.0 Å². The van der Waals surface area contributed by atoms with Crippen LogP contribution >= 0.6 is 0 Å². The van der Waals surface area contributed by atoms with Gasteiger partial charge in [-0.1, -0.05) is 0 Å². The molecule has 0 aromatic carbocycles. The van der Waals surface area contributed by atoms with Gasteiger partial charge in [0.05, 0.1) is 0 Å². The van der Waals surface area contributed by atoms with Gasteiger partial charge in [0.25, 0.3) is 0 Å². The molecule has 0 saturated heterocycles. The monoisotopic (exact) mass is 255 g/mol. The molecule has 0 unspecified atom stereocenters. The fourth-order valence-electron chi connectivity index (χ4n) is 0. The normalized spacial score (nSPS) is 6.00. The Labute approximate surface area is 46.2 Å². The minimum absolute atomic E-state index is 0. The molecule has 0 aliphatic carbocycles. The Balaban J connectivity index is 0. The van der Waals surface area contributed by atoms with E-state index in [1.54, 1.807) is 0 Å². The minimum atomic E-state index is 0. The van der Waals surface area contributed by atoms with Crippen LogP contribution in [0.1, 0.15) is 0 Å². The van der Waals surface area contributed by atoms with Crippen LogP contribution in [0.25, 0.3) is 0 Å². The molecule has 0 fully saturated rings. The van der Waals surface area contributed by atoms with Crippen molar-refractivity contribution in [3.8, 4) is 0 Å². The van der Waals surface area contributed by atoms with E-state index < -0.39 is 0 Å². The summed E-state index contributed by atoms with van der Waals surface area (Å²) in [5.74, 6) is 0. The summed E-state index contributed by atoms with van der Waals surface area (Å²) in [5.41, 5.74) is 9.81. The van der Waals surface area contributed by atoms with Crippen molar-refractivity contribution in [2.75, 3.05) is 13.1 Å². The van der Waals surface area contributed by atoms with Crippen molar-refractivity contribution in [2.45, 2.75) is 0 Å². The van der Waals surface area contributed by atoms with E-state index in [0.29, 0.717) is 13.1 Å². The maximum atomic E-state index is 4.90. The Bertz CT molecular complexity index is 9.61. The second-order valence-corrected chi connectivity index (χ2v) is 0.577. The van der Waals surface area contributed by atoms with Gasteiger partial charge in [0.15, 0.2) is 0 Å². The largest absolute Gasteiger partial charge is 2.00 e. The van der Waals surface area contributed by atoms with Crippen LogP contribution in [0, 0.1) is 0 Å². The molecular formula is C2H8N2Pt+2. The van der Waals surface area contributed by atoms with Gasteiger partial charge in [0.2, 0.25) is 0 Å². The smallest absolute Gasteiger partial charge is 0.329 e. The van der Waals surface area contributed by atoms with E-state index in [-0.39, 0.29) is 21.1 Å². The molecule has 0 aliphatic rings. The third kappa shape index (κ3) is 12.1. The first-order valence-corrected chi connectivity index (χ1v) is 1.32. The molecule has 0 amide bonds. The van der Waals surface area contributed by atoms with E-state index in [9.17, 15) is 0 Å². The molecule has 0 aliphatic heterocycles. The van der Waals surface area contributed by atoms with Crippen LogP contribution < -0.4 is 11.5 Å². The Hall–Kier alpha value is 0.608. The summed E-state index contributed by atoms with van der Waals surface area (Å²) in [6.07, 6.45) is 0. The van der Waals surface area contributed by atoms with Gasteiger partial charge >= 0.3 is 21.1 Å². The minimum Gasteiger partial charge on any atom is -0.329 e. The van der Waals surface area contributed by atoms with E-state index >= 15 is 0 Å². The first-order valence-electron chi connectivity index (χ1n) is 1.32. The van der Waals surface area contributed by atoms with Gasteiger partial charge in [-0.05, 0) is 0 Å². The standard InChI is InChI=1S/C2H8N2.Pt/c3-1-2-4;/h1-4H2;/q;+2. The van der Waals surface area contributed by atoms with E-state index in [1.165, 1.54) is 0 Å². The van der Waals surface area contributed by atoms with Crippen molar-refractivity contribution in [1.82, 2.24) is 0 Å². The first kappa shape index (κ1) is 9.15. The number of hydrogen-bond donors (Lipinski definition) is 2. The zero-order valence-corrected chi connectivity index (χ0v) is 5.16. The van der Waals surface area contributed by atoms with E-state index in [2.05, 4.69) is 0 Å². The van der Waals surface area contributed by atoms with Gasteiger partial charge in [0.1, 0.15) is 0 Å². The first-order chi connectivity index (χ1) is 1.91. The summed E-state index contributed by atoms with van der Waals surface area (Å²) in [7, 11) is 0. The molecule has 0 spiro atoms. The van der Waals surface area contributed by atoms with Crippen molar-refractivity contribution < 1.29 is 21.1 Å². The van der Waals surface area contributed by atoms with Crippen LogP contribution in [0.5, 0.6) is 0 Å². The van der Waals surface area contributed by atoms with Crippen LogP contribution in [0.2, 0.25) is 0 Å². The number of nitrogens with two attached hydrogens (primary N) is 2.